The fourth-order valence-corrected chi connectivity index (χ4v) is 3.13. The Morgan fingerprint density at radius 3 is 2.64 bits per heavy atom. The number of hydrogen-bond acceptors (Lipinski definition) is 4. The van der Waals surface area contributed by atoms with E-state index in [1.807, 2.05) is 6.92 Å². The van der Waals surface area contributed by atoms with Gasteiger partial charge in [-0.25, -0.2) is 0 Å². The first kappa shape index (κ1) is 21.4. The molecule has 1 aromatic carbocycles. The molecule has 0 bridgehead atoms. The lowest BCUT2D eigenvalue weighted by Gasteiger charge is -2.32. The molecule has 8 nitrogen and oxygen atoms in total. The van der Waals surface area contributed by atoms with E-state index in [0.29, 0.717) is 37.1 Å². The van der Waals surface area contributed by atoms with Crippen LogP contribution in [0.1, 0.15) is 46.9 Å². The first-order valence-corrected chi connectivity index (χ1v) is 9.47. The molecule has 1 fully saturated rings. The number of carboxylic acids is 1. The lowest BCUT2D eigenvalue weighted by atomic mass is 9.98. The van der Waals surface area contributed by atoms with E-state index in [-0.39, 0.29) is 30.8 Å². The van der Waals surface area contributed by atoms with Crippen LogP contribution in [0.15, 0.2) is 24.3 Å². The minimum Gasteiger partial charge on any atom is -0.481 e. The van der Waals surface area contributed by atoms with Crippen LogP contribution in [-0.2, 0) is 9.59 Å². The third-order valence-electron chi connectivity index (χ3n) is 4.75. The average molecular weight is 389 g/mol. The number of nitrogens with one attached hydrogen (secondary N) is 1. The van der Waals surface area contributed by atoms with Gasteiger partial charge in [-0.1, -0.05) is 13.0 Å². The van der Waals surface area contributed by atoms with Gasteiger partial charge in [0.2, 0.25) is 5.91 Å². The summed E-state index contributed by atoms with van der Waals surface area (Å²) in [6.07, 6.45) is 2.00. The van der Waals surface area contributed by atoms with Crippen LogP contribution < -0.4 is 5.32 Å². The summed E-state index contributed by atoms with van der Waals surface area (Å²) < 4.78 is 0. The number of piperidine rings is 1. The number of benzene rings is 1. The molecule has 1 aliphatic heterocycles. The summed E-state index contributed by atoms with van der Waals surface area (Å²) in [5, 5.41) is 11.9. The molecule has 1 aromatic rings. The standard InChI is InChI=1S/C20H27N3O5/c1-3-9-21-18(25)14-6-4-7-15(11-14)19(26)22(2)13-17(24)23-10-5-8-16(12-23)20(27)28/h4,6-7,11,16H,3,5,8-10,12-13H2,1-2H3,(H,21,25)(H,27,28). The Bertz CT molecular complexity index is 749. The Morgan fingerprint density at radius 2 is 1.96 bits per heavy atom. The van der Waals surface area contributed by atoms with Crippen molar-refractivity contribution in [3.05, 3.63) is 35.4 Å². The van der Waals surface area contributed by atoms with Gasteiger partial charge < -0.3 is 20.2 Å². The van der Waals surface area contributed by atoms with Gasteiger partial charge in [0.1, 0.15) is 0 Å². The van der Waals surface area contributed by atoms with Gasteiger partial charge in [-0.2, -0.15) is 0 Å². The SMILES string of the molecule is CCCNC(=O)c1cccc(C(=O)N(C)CC(=O)N2CCCC(C(=O)O)C2)c1. The van der Waals surface area contributed by atoms with Crippen molar-refractivity contribution >= 4 is 23.7 Å². The predicted molar refractivity (Wildman–Crippen MR) is 103 cm³/mol. The first-order chi connectivity index (χ1) is 13.3. The van der Waals surface area contributed by atoms with Crippen molar-refractivity contribution in [2.75, 3.05) is 33.2 Å². The van der Waals surface area contributed by atoms with Crippen LogP contribution >= 0.6 is 0 Å². The number of hydrogen-bond donors (Lipinski definition) is 2. The molecule has 152 valence electrons. The van der Waals surface area contributed by atoms with Gasteiger partial charge in [0.25, 0.3) is 11.8 Å². The van der Waals surface area contributed by atoms with Gasteiger partial charge in [0.05, 0.1) is 12.5 Å². The number of carboxylic acid groups (broad SMARTS) is 1. The number of amides is 3. The highest BCUT2D eigenvalue weighted by Gasteiger charge is 2.29. The molecule has 0 radical (unpaired) electrons. The third-order valence-corrected chi connectivity index (χ3v) is 4.75. The Morgan fingerprint density at radius 1 is 1.25 bits per heavy atom. The van der Waals surface area contributed by atoms with Crippen LogP contribution in [0.3, 0.4) is 0 Å². The van der Waals surface area contributed by atoms with Crippen molar-refractivity contribution in [2.45, 2.75) is 26.2 Å². The van der Waals surface area contributed by atoms with Crippen molar-refractivity contribution in [1.29, 1.82) is 0 Å². The molecular formula is C20H27N3O5. The number of aliphatic carboxylic acids is 1. The molecule has 2 rings (SSSR count). The predicted octanol–water partition coefficient (Wildman–Crippen LogP) is 1.22. The topological polar surface area (TPSA) is 107 Å². The van der Waals surface area contributed by atoms with Crippen molar-refractivity contribution in [2.24, 2.45) is 5.92 Å². The quantitative estimate of drug-likeness (QED) is 0.729. The van der Waals surface area contributed by atoms with Crippen molar-refractivity contribution in [3.8, 4) is 0 Å². The molecular weight excluding hydrogens is 362 g/mol. The van der Waals surface area contributed by atoms with Gasteiger partial charge in [-0.05, 0) is 37.5 Å². The van der Waals surface area contributed by atoms with Crippen LogP contribution in [0, 0.1) is 5.92 Å². The third kappa shape index (κ3) is 5.55. The summed E-state index contributed by atoms with van der Waals surface area (Å²) in [5.41, 5.74) is 0.709. The molecule has 0 saturated carbocycles. The van der Waals surface area contributed by atoms with E-state index in [1.165, 1.54) is 22.9 Å². The molecule has 3 amide bonds. The Hall–Kier alpha value is -2.90. The smallest absolute Gasteiger partial charge is 0.308 e. The zero-order valence-corrected chi connectivity index (χ0v) is 16.3. The van der Waals surface area contributed by atoms with Crippen LogP contribution in [0.4, 0.5) is 0 Å². The molecule has 1 unspecified atom stereocenters. The van der Waals surface area contributed by atoms with Gasteiger partial charge in [0.15, 0.2) is 0 Å². The largest absolute Gasteiger partial charge is 0.481 e. The number of likely N-dealkylation sites (tertiary alicyclic amines) is 1. The zero-order chi connectivity index (χ0) is 20.7. The maximum atomic E-state index is 12.7. The highest BCUT2D eigenvalue weighted by atomic mass is 16.4. The minimum absolute atomic E-state index is 0.141. The number of rotatable bonds is 7. The monoisotopic (exact) mass is 389 g/mol. The van der Waals surface area contributed by atoms with Crippen LogP contribution in [0.2, 0.25) is 0 Å². The van der Waals surface area contributed by atoms with Crippen molar-refractivity contribution in [1.82, 2.24) is 15.1 Å². The fraction of sp³-hybridized carbons (Fsp3) is 0.500. The summed E-state index contributed by atoms with van der Waals surface area (Å²) in [7, 11) is 1.52. The molecule has 1 saturated heterocycles. The van der Waals surface area contributed by atoms with E-state index in [0.717, 1.165) is 6.42 Å². The number of nitrogens with zero attached hydrogens (tertiary/aromatic N) is 2. The highest BCUT2D eigenvalue weighted by molar-refractivity contribution is 6.00. The maximum Gasteiger partial charge on any atom is 0.308 e. The lowest BCUT2D eigenvalue weighted by Crippen LogP contribution is -2.46. The van der Waals surface area contributed by atoms with Crippen LogP contribution in [-0.4, -0.2) is 71.8 Å². The normalized spacial score (nSPS) is 16.4. The van der Waals surface area contributed by atoms with Crippen LogP contribution in [0.25, 0.3) is 0 Å². The van der Waals surface area contributed by atoms with Gasteiger partial charge in [-0.3, -0.25) is 19.2 Å². The first-order valence-electron chi connectivity index (χ1n) is 9.47. The molecule has 1 atom stereocenters. The molecule has 8 heteroatoms. The molecule has 0 spiro atoms. The van der Waals surface area contributed by atoms with E-state index in [2.05, 4.69) is 5.32 Å². The Kier molecular flexibility index (Phi) is 7.54. The summed E-state index contributed by atoms with van der Waals surface area (Å²) in [5.74, 6) is -2.36. The lowest BCUT2D eigenvalue weighted by molar-refractivity contribution is -0.145. The highest BCUT2D eigenvalue weighted by Crippen LogP contribution is 2.17. The van der Waals surface area contributed by atoms with Crippen LogP contribution in [0.5, 0.6) is 0 Å². The molecule has 2 N–H and O–H groups in total. The average Bonchev–Trinajstić information content (AvgIpc) is 2.71. The Balaban J connectivity index is 1.99. The van der Waals surface area contributed by atoms with Gasteiger partial charge in [-0.15, -0.1) is 0 Å². The van der Waals surface area contributed by atoms with Crippen molar-refractivity contribution in [3.63, 3.8) is 0 Å². The summed E-state index contributed by atoms with van der Waals surface area (Å²) >= 11 is 0. The summed E-state index contributed by atoms with van der Waals surface area (Å²) in [6, 6.07) is 6.37. The molecule has 0 aliphatic carbocycles. The second kappa shape index (κ2) is 9.87. The van der Waals surface area contributed by atoms with Gasteiger partial charge in [0, 0.05) is 37.8 Å². The second-order valence-electron chi connectivity index (χ2n) is 7.02. The molecule has 1 heterocycles. The minimum atomic E-state index is -0.903. The number of carbonyl (C=O) groups is 4. The molecule has 1 aliphatic rings. The van der Waals surface area contributed by atoms with Crippen molar-refractivity contribution < 1.29 is 24.3 Å². The summed E-state index contributed by atoms with van der Waals surface area (Å²) in [4.78, 5) is 51.2. The summed E-state index contributed by atoms with van der Waals surface area (Å²) in [6.45, 7) is 3.03. The van der Waals surface area contributed by atoms with E-state index in [4.69, 9.17) is 5.11 Å². The zero-order valence-electron chi connectivity index (χ0n) is 16.3. The molecule has 0 aromatic heterocycles. The van der Waals surface area contributed by atoms with Gasteiger partial charge >= 0.3 is 5.97 Å². The fourth-order valence-electron chi connectivity index (χ4n) is 3.13. The van der Waals surface area contributed by atoms with E-state index in [9.17, 15) is 19.2 Å². The molecule has 28 heavy (non-hydrogen) atoms. The number of carbonyl (C=O) groups excluding carboxylic acids is 3. The van der Waals surface area contributed by atoms with E-state index < -0.39 is 11.9 Å². The number of likely N-dealkylation sites (N-methyl/N-ethyl adjacent to an activating group) is 1. The van der Waals surface area contributed by atoms with E-state index in [1.54, 1.807) is 18.2 Å². The van der Waals surface area contributed by atoms with E-state index >= 15 is 0 Å². The maximum absolute atomic E-state index is 12.7. The Labute approximate surface area is 164 Å². The second-order valence-corrected chi connectivity index (χ2v) is 7.02.